The van der Waals surface area contributed by atoms with Gasteiger partial charge >= 0.3 is 6.18 Å². The Balaban J connectivity index is 2.06. The van der Waals surface area contributed by atoms with E-state index in [0.717, 1.165) is 17.8 Å². The standard InChI is InChI=1S/C12H12F3N3/c1-8-6-16-11(18-8)17-7-9-3-2-4-10(5-9)12(13,14)15/h2-6H,7H2,1H3,(H2,16,17,18). The monoisotopic (exact) mass is 255 g/mol. The number of aromatic nitrogens is 2. The molecular weight excluding hydrogens is 243 g/mol. The number of rotatable bonds is 3. The number of alkyl halides is 3. The van der Waals surface area contributed by atoms with Crippen LogP contribution in [0.4, 0.5) is 19.1 Å². The molecule has 1 aromatic carbocycles. The van der Waals surface area contributed by atoms with Crippen LogP contribution in [-0.2, 0) is 12.7 Å². The molecule has 0 aliphatic carbocycles. The Morgan fingerprint density at radius 1 is 1.33 bits per heavy atom. The van der Waals surface area contributed by atoms with Crippen LogP contribution >= 0.6 is 0 Å². The molecule has 18 heavy (non-hydrogen) atoms. The molecule has 0 amide bonds. The van der Waals surface area contributed by atoms with E-state index < -0.39 is 11.7 Å². The fourth-order valence-electron chi connectivity index (χ4n) is 1.55. The highest BCUT2D eigenvalue weighted by Gasteiger charge is 2.30. The molecule has 0 unspecified atom stereocenters. The van der Waals surface area contributed by atoms with E-state index >= 15 is 0 Å². The van der Waals surface area contributed by atoms with Gasteiger partial charge in [0, 0.05) is 18.4 Å². The lowest BCUT2D eigenvalue weighted by Crippen LogP contribution is -2.07. The quantitative estimate of drug-likeness (QED) is 0.883. The van der Waals surface area contributed by atoms with Crippen LogP contribution in [0.5, 0.6) is 0 Å². The molecule has 1 heterocycles. The van der Waals surface area contributed by atoms with Crippen LogP contribution in [0.1, 0.15) is 16.8 Å². The second-order valence-electron chi connectivity index (χ2n) is 3.97. The summed E-state index contributed by atoms with van der Waals surface area (Å²) in [7, 11) is 0. The van der Waals surface area contributed by atoms with Crippen molar-refractivity contribution in [2.24, 2.45) is 0 Å². The molecule has 0 saturated carbocycles. The molecule has 2 aromatic rings. The average molecular weight is 255 g/mol. The summed E-state index contributed by atoms with van der Waals surface area (Å²) in [4.78, 5) is 6.96. The van der Waals surface area contributed by atoms with Gasteiger partial charge in [-0.05, 0) is 24.6 Å². The topological polar surface area (TPSA) is 40.7 Å². The fraction of sp³-hybridized carbons (Fsp3) is 0.250. The Morgan fingerprint density at radius 3 is 2.72 bits per heavy atom. The van der Waals surface area contributed by atoms with E-state index in [2.05, 4.69) is 15.3 Å². The number of aryl methyl sites for hydroxylation is 1. The molecule has 0 fully saturated rings. The van der Waals surface area contributed by atoms with Crippen LogP contribution in [0, 0.1) is 6.92 Å². The highest BCUT2D eigenvalue weighted by molar-refractivity contribution is 5.31. The number of anilines is 1. The molecule has 0 aliphatic heterocycles. The zero-order valence-corrected chi connectivity index (χ0v) is 9.67. The van der Waals surface area contributed by atoms with Gasteiger partial charge in [-0.2, -0.15) is 13.2 Å². The number of nitrogens with one attached hydrogen (secondary N) is 2. The highest BCUT2D eigenvalue weighted by atomic mass is 19.4. The predicted octanol–water partition coefficient (Wildman–Crippen LogP) is 3.35. The third-order valence-corrected chi connectivity index (χ3v) is 2.42. The lowest BCUT2D eigenvalue weighted by molar-refractivity contribution is -0.137. The maximum atomic E-state index is 12.5. The molecule has 3 nitrogen and oxygen atoms in total. The number of aromatic amines is 1. The summed E-state index contributed by atoms with van der Waals surface area (Å²) in [5, 5.41) is 2.93. The number of hydrogen-bond donors (Lipinski definition) is 2. The minimum Gasteiger partial charge on any atom is -0.352 e. The van der Waals surface area contributed by atoms with Gasteiger partial charge in [0.15, 0.2) is 0 Å². The molecule has 2 rings (SSSR count). The molecule has 6 heteroatoms. The van der Waals surface area contributed by atoms with Crippen molar-refractivity contribution in [1.29, 1.82) is 0 Å². The van der Waals surface area contributed by atoms with Gasteiger partial charge < -0.3 is 10.3 Å². The zero-order chi connectivity index (χ0) is 13.2. The predicted molar refractivity (Wildman–Crippen MR) is 62.1 cm³/mol. The Bertz CT molecular complexity index is 531. The van der Waals surface area contributed by atoms with E-state index in [1.807, 2.05) is 6.92 Å². The molecule has 0 atom stereocenters. The highest BCUT2D eigenvalue weighted by Crippen LogP contribution is 2.29. The summed E-state index contributed by atoms with van der Waals surface area (Å²) < 4.78 is 37.5. The Kier molecular flexibility index (Phi) is 3.27. The van der Waals surface area contributed by atoms with Crippen molar-refractivity contribution in [2.75, 3.05) is 5.32 Å². The Hall–Kier alpha value is -1.98. The SMILES string of the molecule is Cc1cnc(NCc2cccc(C(F)(F)F)c2)[nH]1. The first-order valence-electron chi connectivity index (χ1n) is 5.37. The lowest BCUT2D eigenvalue weighted by Gasteiger charge is -2.09. The molecule has 0 spiro atoms. The molecule has 0 bridgehead atoms. The van der Waals surface area contributed by atoms with Gasteiger partial charge in [0.05, 0.1) is 5.56 Å². The smallest absolute Gasteiger partial charge is 0.352 e. The van der Waals surface area contributed by atoms with Crippen molar-refractivity contribution in [1.82, 2.24) is 9.97 Å². The normalized spacial score (nSPS) is 11.6. The number of H-pyrrole nitrogens is 1. The molecule has 1 aromatic heterocycles. The zero-order valence-electron chi connectivity index (χ0n) is 9.67. The minimum atomic E-state index is -4.31. The Labute approximate surface area is 102 Å². The van der Waals surface area contributed by atoms with Gasteiger partial charge in [-0.15, -0.1) is 0 Å². The largest absolute Gasteiger partial charge is 0.416 e. The number of nitrogens with zero attached hydrogens (tertiary/aromatic N) is 1. The summed E-state index contributed by atoms with van der Waals surface area (Å²) in [6.45, 7) is 2.14. The second-order valence-corrected chi connectivity index (χ2v) is 3.97. The van der Waals surface area contributed by atoms with Crippen molar-refractivity contribution in [3.8, 4) is 0 Å². The maximum absolute atomic E-state index is 12.5. The number of benzene rings is 1. The number of halogens is 3. The van der Waals surface area contributed by atoms with E-state index in [4.69, 9.17) is 0 Å². The second kappa shape index (κ2) is 4.72. The van der Waals surface area contributed by atoms with Crippen LogP contribution in [0.3, 0.4) is 0 Å². The summed E-state index contributed by atoms with van der Waals surface area (Å²) >= 11 is 0. The maximum Gasteiger partial charge on any atom is 0.416 e. The van der Waals surface area contributed by atoms with E-state index in [1.165, 1.54) is 6.07 Å². The van der Waals surface area contributed by atoms with Crippen LogP contribution in [0.25, 0.3) is 0 Å². The third-order valence-electron chi connectivity index (χ3n) is 2.42. The van der Waals surface area contributed by atoms with Gasteiger partial charge in [0.1, 0.15) is 0 Å². The molecule has 2 N–H and O–H groups in total. The third kappa shape index (κ3) is 3.03. The fourth-order valence-corrected chi connectivity index (χ4v) is 1.55. The first kappa shape index (κ1) is 12.5. The number of hydrogen-bond acceptors (Lipinski definition) is 2. The van der Waals surface area contributed by atoms with E-state index in [9.17, 15) is 13.2 Å². The van der Waals surface area contributed by atoms with Crippen LogP contribution in [0.15, 0.2) is 30.5 Å². The van der Waals surface area contributed by atoms with Gasteiger partial charge in [0.25, 0.3) is 0 Å². The van der Waals surface area contributed by atoms with Crippen LogP contribution < -0.4 is 5.32 Å². The van der Waals surface area contributed by atoms with Crippen molar-refractivity contribution in [2.45, 2.75) is 19.6 Å². The van der Waals surface area contributed by atoms with E-state index in [1.54, 1.807) is 12.3 Å². The Morgan fingerprint density at radius 2 is 2.11 bits per heavy atom. The molecule has 0 radical (unpaired) electrons. The van der Waals surface area contributed by atoms with E-state index in [-0.39, 0.29) is 6.54 Å². The molecule has 96 valence electrons. The van der Waals surface area contributed by atoms with Gasteiger partial charge in [0.2, 0.25) is 5.95 Å². The summed E-state index contributed by atoms with van der Waals surface area (Å²) in [6, 6.07) is 5.22. The van der Waals surface area contributed by atoms with Crippen molar-refractivity contribution < 1.29 is 13.2 Å². The van der Waals surface area contributed by atoms with Crippen molar-refractivity contribution in [3.63, 3.8) is 0 Å². The number of imidazole rings is 1. The lowest BCUT2D eigenvalue weighted by atomic mass is 10.1. The minimum absolute atomic E-state index is 0.289. The van der Waals surface area contributed by atoms with E-state index in [0.29, 0.717) is 11.5 Å². The first-order chi connectivity index (χ1) is 8.45. The summed E-state index contributed by atoms with van der Waals surface area (Å²) in [5.41, 5.74) is 0.804. The summed E-state index contributed by atoms with van der Waals surface area (Å²) in [6.07, 6.45) is -2.66. The average Bonchev–Trinajstić information content (AvgIpc) is 2.72. The van der Waals surface area contributed by atoms with Gasteiger partial charge in [-0.3, -0.25) is 0 Å². The van der Waals surface area contributed by atoms with Crippen LogP contribution in [-0.4, -0.2) is 9.97 Å². The summed E-state index contributed by atoms with van der Waals surface area (Å²) in [5.74, 6) is 0.546. The molecule has 0 saturated heterocycles. The first-order valence-corrected chi connectivity index (χ1v) is 5.37. The van der Waals surface area contributed by atoms with Gasteiger partial charge in [-0.1, -0.05) is 12.1 Å². The van der Waals surface area contributed by atoms with Crippen LogP contribution in [0.2, 0.25) is 0 Å². The van der Waals surface area contributed by atoms with Crippen molar-refractivity contribution >= 4 is 5.95 Å². The van der Waals surface area contributed by atoms with Gasteiger partial charge in [-0.25, -0.2) is 4.98 Å². The van der Waals surface area contributed by atoms with Crippen molar-refractivity contribution in [3.05, 3.63) is 47.3 Å². The molecular formula is C12H12F3N3. The molecule has 0 aliphatic rings.